The maximum atomic E-state index is 11.3. The summed E-state index contributed by atoms with van der Waals surface area (Å²) in [6, 6.07) is 3.78. The van der Waals surface area contributed by atoms with E-state index in [0.717, 1.165) is 23.1 Å². The molecule has 1 N–H and O–H groups in total. The van der Waals surface area contributed by atoms with Gasteiger partial charge in [-0.1, -0.05) is 0 Å². The molecule has 0 aliphatic heterocycles. The minimum atomic E-state index is -2.90. The molecule has 0 atom stereocenters. The fourth-order valence-electron chi connectivity index (χ4n) is 1.86. The van der Waals surface area contributed by atoms with Crippen molar-refractivity contribution in [2.75, 3.05) is 23.9 Å². The van der Waals surface area contributed by atoms with Crippen LogP contribution >= 0.6 is 15.9 Å². The van der Waals surface area contributed by atoms with Gasteiger partial charge in [0.25, 0.3) is 0 Å². The molecule has 94 valence electrons. The molecule has 0 amide bonds. The summed E-state index contributed by atoms with van der Waals surface area (Å²) < 4.78 is 23.5. The van der Waals surface area contributed by atoms with Crippen molar-refractivity contribution in [2.24, 2.45) is 5.41 Å². The Hall–Kier alpha value is -0.620. The molecule has 1 aromatic heterocycles. The highest BCUT2D eigenvalue weighted by molar-refractivity contribution is 9.10. The lowest BCUT2D eigenvalue weighted by Crippen LogP contribution is -2.24. The number of pyridine rings is 1. The van der Waals surface area contributed by atoms with Gasteiger partial charge in [0, 0.05) is 28.9 Å². The Morgan fingerprint density at radius 3 is 2.65 bits per heavy atom. The molecule has 0 saturated heterocycles. The van der Waals surface area contributed by atoms with Crippen LogP contribution in [-0.4, -0.2) is 32.0 Å². The first-order chi connectivity index (χ1) is 7.89. The number of halogens is 1. The second kappa shape index (κ2) is 4.57. The van der Waals surface area contributed by atoms with Crippen molar-refractivity contribution in [3.8, 4) is 0 Å². The number of aromatic nitrogens is 1. The van der Waals surface area contributed by atoms with Gasteiger partial charge in [-0.25, -0.2) is 13.4 Å². The largest absolute Gasteiger partial charge is 0.369 e. The quantitative estimate of drug-likeness (QED) is 0.903. The van der Waals surface area contributed by atoms with Gasteiger partial charge in [-0.15, -0.1) is 0 Å². The molecule has 1 aliphatic carbocycles. The second-order valence-electron chi connectivity index (χ2n) is 4.79. The van der Waals surface area contributed by atoms with Gasteiger partial charge in [-0.3, -0.25) is 0 Å². The van der Waals surface area contributed by atoms with E-state index in [1.807, 2.05) is 12.1 Å². The number of nitrogens with zero attached hydrogens (tertiary/aromatic N) is 1. The molecule has 4 nitrogen and oxygen atoms in total. The molecule has 1 heterocycles. The van der Waals surface area contributed by atoms with Crippen molar-refractivity contribution < 1.29 is 8.42 Å². The number of hydrogen-bond donors (Lipinski definition) is 1. The summed E-state index contributed by atoms with van der Waals surface area (Å²) in [5, 5.41) is 3.20. The van der Waals surface area contributed by atoms with Gasteiger partial charge in [0.2, 0.25) is 0 Å². The van der Waals surface area contributed by atoms with Crippen molar-refractivity contribution >= 4 is 31.6 Å². The maximum absolute atomic E-state index is 11.3. The summed E-state index contributed by atoms with van der Waals surface area (Å²) in [5.74, 6) is 1.05. The Kier molecular flexibility index (Phi) is 3.45. The van der Waals surface area contributed by atoms with E-state index in [1.54, 1.807) is 6.20 Å². The molecule has 1 aliphatic rings. The standard InChI is InChI=1S/C11H15BrN2O2S/c1-17(15,16)8-11(4-5-11)7-14-10-3-2-9(12)6-13-10/h2-3,6H,4-5,7-8H2,1H3,(H,13,14). The Morgan fingerprint density at radius 1 is 1.47 bits per heavy atom. The number of nitrogens with one attached hydrogen (secondary N) is 1. The minimum Gasteiger partial charge on any atom is -0.369 e. The van der Waals surface area contributed by atoms with Crippen molar-refractivity contribution in [3.63, 3.8) is 0 Å². The van der Waals surface area contributed by atoms with Crippen LogP contribution in [0, 0.1) is 5.41 Å². The van der Waals surface area contributed by atoms with Crippen molar-refractivity contribution in [1.82, 2.24) is 4.98 Å². The molecule has 1 aromatic rings. The lowest BCUT2D eigenvalue weighted by Gasteiger charge is -2.15. The zero-order valence-electron chi connectivity index (χ0n) is 9.61. The van der Waals surface area contributed by atoms with E-state index in [4.69, 9.17) is 0 Å². The van der Waals surface area contributed by atoms with Crippen LogP contribution < -0.4 is 5.32 Å². The van der Waals surface area contributed by atoms with Gasteiger partial charge < -0.3 is 5.32 Å². The maximum Gasteiger partial charge on any atom is 0.148 e. The first kappa shape index (κ1) is 12.8. The first-order valence-electron chi connectivity index (χ1n) is 5.42. The molecule has 2 rings (SSSR count). The molecule has 0 bridgehead atoms. The molecule has 1 fully saturated rings. The normalized spacial score (nSPS) is 17.8. The molecular weight excluding hydrogens is 304 g/mol. The topological polar surface area (TPSA) is 59.1 Å². The van der Waals surface area contributed by atoms with Crippen LogP contribution in [0.25, 0.3) is 0 Å². The smallest absolute Gasteiger partial charge is 0.148 e. The molecule has 0 aromatic carbocycles. The van der Waals surface area contributed by atoms with Crippen LogP contribution in [0.2, 0.25) is 0 Å². The minimum absolute atomic E-state index is 0.0671. The van der Waals surface area contributed by atoms with Gasteiger partial charge in [-0.2, -0.15) is 0 Å². The van der Waals surface area contributed by atoms with Crippen molar-refractivity contribution in [3.05, 3.63) is 22.8 Å². The predicted octanol–water partition coefficient (Wildman–Crippen LogP) is 2.08. The average molecular weight is 319 g/mol. The number of hydrogen-bond acceptors (Lipinski definition) is 4. The molecular formula is C11H15BrN2O2S. The molecule has 0 spiro atoms. The van der Waals surface area contributed by atoms with Gasteiger partial charge in [0.1, 0.15) is 15.7 Å². The Morgan fingerprint density at radius 2 is 2.18 bits per heavy atom. The zero-order valence-corrected chi connectivity index (χ0v) is 12.0. The lowest BCUT2D eigenvalue weighted by atomic mass is 10.1. The van der Waals surface area contributed by atoms with Crippen LogP contribution in [0.4, 0.5) is 5.82 Å². The first-order valence-corrected chi connectivity index (χ1v) is 8.27. The van der Waals surface area contributed by atoms with Crippen LogP contribution in [0.3, 0.4) is 0 Å². The Balaban J connectivity index is 1.92. The van der Waals surface area contributed by atoms with Crippen LogP contribution in [0.1, 0.15) is 12.8 Å². The molecule has 0 radical (unpaired) electrons. The van der Waals surface area contributed by atoms with E-state index in [0.29, 0.717) is 6.54 Å². The van der Waals surface area contributed by atoms with Crippen LogP contribution in [-0.2, 0) is 9.84 Å². The third kappa shape index (κ3) is 3.96. The predicted molar refractivity (Wildman–Crippen MR) is 71.8 cm³/mol. The van der Waals surface area contributed by atoms with E-state index < -0.39 is 9.84 Å². The van der Waals surface area contributed by atoms with Crippen molar-refractivity contribution in [2.45, 2.75) is 12.8 Å². The molecule has 1 saturated carbocycles. The molecule has 0 unspecified atom stereocenters. The average Bonchev–Trinajstić information content (AvgIpc) is 2.95. The van der Waals surface area contributed by atoms with Crippen LogP contribution in [0.5, 0.6) is 0 Å². The van der Waals surface area contributed by atoms with E-state index in [-0.39, 0.29) is 11.2 Å². The third-order valence-electron chi connectivity index (χ3n) is 2.90. The van der Waals surface area contributed by atoms with E-state index >= 15 is 0 Å². The highest BCUT2D eigenvalue weighted by Gasteiger charge is 2.44. The molecule has 6 heteroatoms. The van der Waals surface area contributed by atoms with Gasteiger partial charge in [-0.05, 0) is 40.9 Å². The highest BCUT2D eigenvalue weighted by atomic mass is 79.9. The second-order valence-corrected chi connectivity index (χ2v) is 7.84. The summed E-state index contributed by atoms with van der Waals surface area (Å²) in [7, 11) is -2.90. The third-order valence-corrected chi connectivity index (χ3v) is 4.50. The molecule has 17 heavy (non-hydrogen) atoms. The van der Waals surface area contributed by atoms with Gasteiger partial charge in [0.15, 0.2) is 0 Å². The highest BCUT2D eigenvalue weighted by Crippen LogP contribution is 2.46. The number of rotatable bonds is 5. The van der Waals surface area contributed by atoms with E-state index in [2.05, 4.69) is 26.2 Å². The lowest BCUT2D eigenvalue weighted by molar-refractivity contribution is 0.560. The summed E-state index contributed by atoms with van der Waals surface area (Å²) in [5.41, 5.74) is -0.0671. The summed E-state index contributed by atoms with van der Waals surface area (Å²) in [4.78, 5) is 4.20. The fraction of sp³-hybridized carbons (Fsp3) is 0.545. The fourth-order valence-corrected chi connectivity index (χ4v) is 3.60. The Labute approximate surface area is 110 Å². The van der Waals surface area contributed by atoms with Gasteiger partial charge >= 0.3 is 0 Å². The summed E-state index contributed by atoms with van der Waals surface area (Å²) >= 11 is 3.32. The summed E-state index contributed by atoms with van der Waals surface area (Å²) in [6.45, 7) is 0.675. The SMILES string of the molecule is CS(=O)(=O)CC1(CNc2ccc(Br)cn2)CC1. The van der Waals surface area contributed by atoms with E-state index in [1.165, 1.54) is 6.26 Å². The van der Waals surface area contributed by atoms with E-state index in [9.17, 15) is 8.42 Å². The monoisotopic (exact) mass is 318 g/mol. The van der Waals surface area contributed by atoms with Gasteiger partial charge in [0.05, 0.1) is 5.75 Å². The number of sulfone groups is 1. The van der Waals surface area contributed by atoms with Crippen molar-refractivity contribution in [1.29, 1.82) is 0 Å². The Bertz CT molecular complexity index is 495. The number of anilines is 1. The van der Waals surface area contributed by atoms with Crippen LogP contribution in [0.15, 0.2) is 22.8 Å². The zero-order chi connectivity index (χ0) is 12.5. The summed E-state index contributed by atoms with van der Waals surface area (Å²) in [6.07, 6.45) is 4.97.